The van der Waals surface area contributed by atoms with Crippen molar-refractivity contribution >= 4 is 23.2 Å². The molecule has 2 aromatic rings. The van der Waals surface area contributed by atoms with E-state index in [0.717, 1.165) is 50.1 Å². The van der Waals surface area contributed by atoms with Crippen LogP contribution in [0, 0.1) is 0 Å². The minimum Gasteiger partial charge on any atom is -0.497 e. The standard InChI is InChI=1S/C24H32N6O2/c1-25-24(29-14-12-28(13-15-29)21-4-3-5-22(16-21)32-2)27-17-19-6-8-20(9-7-19)30-11-10-26-23(31)18-30/h3-9,16H,10-15,17-18H2,1-2H3,(H,25,27)(H,26,31). The maximum Gasteiger partial charge on any atom is 0.239 e. The Kier molecular flexibility index (Phi) is 6.99. The highest BCUT2D eigenvalue weighted by Gasteiger charge is 2.20. The van der Waals surface area contributed by atoms with Crippen molar-refractivity contribution in [2.75, 3.05) is 69.8 Å². The predicted molar refractivity (Wildman–Crippen MR) is 129 cm³/mol. The third-order valence-corrected chi connectivity index (χ3v) is 6.00. The summed E-state index contributed by atoms with van der Waals surface area (Å²) in [5.74, 6) is 1.89. The number of nitrogens with zero attached hydrogens (tertiary/aromatic N) is 4. The Morgan fingerprint density at radius 3 is 2.50 bits per heavy atom. The number of carbonyl (C=O) groups excluding carboxylic acids is 1. The van der Waals surface area contributed by atoms with E-state index in [2.05, 4.69) is 66.7 Å². The first-order chi connectivity index (χ1) is 15.7. The summed E-state index contributed by atoms with van der Waals surface area (Å²) < 4.78 is 5.36. The topological polar surface area (TPSA) is 72.4 Å². The molecule has 2 heterocycles. The zero-order valence-electron chi connectivity index (χ0n) is 18.9. The highest BCUT2D eigenvalue weighted by molar-refractivity contribution is 5.82. The molecule has 2 aliphatic rings. The number of nitrogens with one attached hydrogen (secondary N) is 2. The van der Waals surface area contributed by atoms with Crippen molar-refractivity contribution in [2.24, 2.45) is 4.99 Å². The number of aliphatic imine (C=N–C) groups is 1. The summed E-state index contributed by atoms with van der Waals surface area (Å²) in [6.07, 6.45) is 0. The molecule has 0 bridgehead atoms. The minimum absolute atomic E-state index is 0.0808. The van der Waals surface area contributed by atoms with Crippen LogP contribution in [0.1, 0.15) is 5.56 Å². The average molecular weight is 437 g/mol. The predicted octanol–water partition coefficient (Wildman–Crippen LogP) is 1.53. The first kappa shape index (κ1) is 21.8. The molecule has 2 fully saturated rings. The Labute approximate surface area is 189 Å². The van der Waals surface area contributed by atoms with Gasteiger partial charge in [-0.3, -0.25) is 9.79 Å². The van der Waals surface area contributed by atoms with Crippen LogP contribution in [0.5, 0.6) is 5.75 Å². The molecule has 2 aliphatic heterocycles. The first-order valence-electron chi connectivity index (χ1n) is 11.1. The summed E-state index contributed by atoms with van der Waals surface area (Å²) in [7, 11) is 3.54. The number of hydrogen-bond donors (Lipinski definition) is 2. The van der Waals surface area contributed by atoms with Crippen molar-refractivity contribution in [3.8, 4) is 5.75 Å². The fraction of sp³-hybridized carbons (Fsp3) is 0.417. The van der Waals surface area contributed by atoms with Crippen LogP contribution in [0.3, 0.4) is 0 Å². The number of anilines is 2. The summed E-state index contributed by atoms with van der Waals surface area (Å²) in [6, 6.07) is 16.6. The van der Waals surface area contributed by atoms with Crippen molar-refractivity contribution in [3.63, 3.8) is 0 Å². The number of carbonyl (C=O) groups is 1. The third kappa shape index (κ3) is 5.25. The van der Waals surface area contributed by atoms with E-state index in [4.69, 9.17) is 4.74 Å². The normalized spacial score (nSPS) is 17.2. The van der Waals surface area contributed by atoms with Crippen LogP contribution in [0.15, 0.2) is 53.5 Å². The van der Waals surface area contributed by atoms with Crippen LogP contribution >= 0.6 is 0 Å². The molecule has 1 amide bonds. The lowest BCUT2D eigenvalue weighted by molar-refractivity contribution is -0.120. The lowest BCUT2D eigenvalue weighted by Gasteiger charge is -2.37. The second kappa shape index (κ2) is 10.3. The number of rotatable bonds is 5. The van der Waals surface area contributed by atoms with E-state index in [0.29, 0.717) is 19.6 Å². The molecule has 0 spiro atoms. The monoisotopic (exact) mass is 436 g/mol. The summed E-state index contributed by atoms with van der Waals surface area (Å²) >= 11 is 0. The Balaban J connectivity index is 1.28. The zero-order valence-corrected chi connectivity index (χ0v) is 18.9. The molecular weight excluding hydrogens is 404 g/mol. The van der Waals surface area contributed by atoms with E-state index >= 15 is 0 Å². The summed E-state index contributed by atoms with van der Waals surface area (Å²) in [5, 5.41) is 6.36. The van der Waals surface area contributed by atoms with Gasteiger partial charge in [-0.1, -0.05) is 18.2 Å². The van der Waals surface area contributed by atoms with Gasteiger partial charge in [-0.15, -0.1) is 0 Å². The lowest BCUT2D eigenvalue weighted by Crippen LogP contribution is -2.52. The van der Waals surface area contributed by atoms with E-state index < -0.39 is 0 Å². The fourth-order valence-electron chi connectivity index (χ4n) is 4.18. The van der Waals surface area contributed by atoms with Gasteiger partial charge in [0.15, 0.2) is 5.96 Å². The average Bonchev–Trinajstić information content (AvgIpc) is 2.85. The molecule has 2 N–H and O–H groups in total. The van der Waals surface area contributed by atoms with Crippen LogP contribution in [0.25, 0.3) is 0 Å². The van der Waals surface area contributed by atoms with Gasteiger partial charge in [0.25, 0.3) is 0 Å². The van der Waals surface area contributed by atoms with Gasteiger partial charge in [0.1, 0.15) is 5.75 Å². The van der Waals surface area contributed by atoms with E-state index in [-0.39, 0.29) is 5.91 Å². The van der Waals surface area contributed by atoms with Gasteiger partial charge in [0.2, 0.25) is 5.91 Å². The van der Waals surface area contributed by atoms with Gasteiger partial charge in [-0.25, -0.2) is 0 Å². The van der Waals surface area contributed by atoms with Crippen molar-refractivity contribution in [1.29, 1.82) is 0 Å². The number of benzene rings is 2. The maximum atomic E-state index is 11.6. The smallest absolute Gasteiger partial charge is 0.239 e. The van der Waals surface area contributed by atoms with Gasteiger partial charge in [0.05, 0.1) is 13.7 Å². The summed E-state index contributed by atoms with van der Waals surface area (Å²) in [4.78, 5) is 22.9. The van der Waals surface area contributed by atoms with Gasteiger partial charge >= 0.3 is 0 Å². The number of guanidine groups is 1. The molecule has 0 aliphatic carbocycles. The second-order valence-corrected chi connectivity index (χ2v) is 8.01. The first-order valence-corrected chi connectivity index (χ1v) is 11.1. The quantitative estimate of drug-likeness (QED) is 0.547. The molecule has 0 saturated carbocycles. The molecule has 32 heavy (non-hydrogen) atoms. The number of ether oxygens (including phenoxy) is 1. The molecule has 2 saturated heterocycles. The third-order valence-electron chi connectivity index (χ3n) is 6.00. The molecule has 8 heteroatoms. The Hall–Kier alpha value is -3.42. The number of piperazine rings is 2. The van der Waals surface area contributed by atoms with E-state index in [1.165, 1.54) is 11.3 Å². The van der Waals surface area contributed by atoms with Crippen LogP contribution in [-0.2, 0) is 11.3 Å². The highest BCUT2D eigenvalue weighted by Crippen LogP contribution is 2.22. The highest BCUT2D eigenvalue weighted by atomic mass is 16.5. The van der Waals surface area contributed by atoms with Gasteiger partial charge in [-0.2, -0.15) is 0 Å². The van der Waals surface area contributed by atoms with E-state index in [9.17, 15) is 4.79 Å². The molecule has 4 rings (SSSR count). The van der Waals surface area contributed by atoms with Crippen LogP contribution in [0.2, 0.25) is 0 Å². The van der Waals surface area contributed by atoms with Crippen molar-refractivity contribution in [2.45, 2.75) is 6.54 Å². The SMILES string of the molecule is CN=C(NCc1ccc(N2CCNC(=O)C2)cc1)N1CCN(c2cccc(OC)c2)CC1. The molecule has 170 valence electrons. The maximum absolute atomic E-state index is 11.6. The minimum atomic E-state index is 0.0808. The van der Waals surface area contributed by atoms with Crippen LogP contribution in [-0.4, -0.2) is 76.7 Å². The van der Waals surface area contributed by atoms with Gasteiger partial charge < -0.3 is 30.1 Å². The van der Waals surface area contributed by atoms with E-state index in [1.807, 2.05) is 19.2 Å². The second-order valence-electron chi connectivity index (χ2n) is 8.01. The van der Waals surface area contributed by atoms with Gasteiger partial charge in [0, 0.05) is 70.3 Å². The number of hydrogen-bond acceptors (Lipinski definition) is 5. The zero-order chi connectivity index (χ0) is 22.3. The fourth-order valence-corrected chi connectivity index (χ4v) is 4.18. The molecular formula is C24H32N6O2. The van der Waals surface area contributed by atoms with Crippen molar-refractivity contribution < 1.29 is 9.53 Å². The number of amides is 1. The molecule has 0 unspecified atom stereocenters. The lowest BCUT2D eigenvalue weighted by atomic mass is 10.2. The Morgan fingerprint density at radius 1 is 1.03 bits per heavy atom. The van der Waals surface area contributed by atoms with Crippen LogP contribution < -0.4 is 25.2 Å². The van der Waals surface area contributed by atoms with Crippen molar-refractivity contribution in [1.82, 2.24) is 15.5 Å². The molecule has 2 aromatic carbocycles. The summed E-state index contributed by atoms with van der Waals surface area (Å²) in [5.41, 5.74) is 3.46. The molecule has 0 aromatic heterocycles. The Morgan fingerprint density at radius 2 is 1.81 bits per heavy atom. The largest absolute Gasteiger partial charge is 0.497 e. The van der Waals surface area contributed by atoms with Crippen LogP contribution in [0.4, 0.5) is 11.4 Å². The molecule has 0 radical (unpaired) electrons. The molecule has 0 atom stereocenters. The summed E-state index contributed by atoms with van der Waals surface area (Å²) in [6.45, 7) is 6.37. The Bertz CT molecular complexity index is 938. The van der Waals surface area contributed by atoms with Gasteiger partial charge in [-0.05, 0) is 29.8 Å². The molecule has 8 nitrogen and oxygen atoms in total. The number of methoxy groups -OCH3 is 1. The van der Waals surface area contributed by atoms with E-state index in [1.54, 1.807) is 7.11 Å². The van der Waals surface area contributed by atoms with Crippen molar-refractivity contribution in [3.05, 3.63) is 54.1 Å².